The lowest BCUT2D eigenvalue weighted by Gasteiger charge is -2.05. The van der Waals surface area contributed by atoms with E-state index in [4.69, 9.17) is 26.9 Å². The zero-order valence-electron chi connectivity index (χ0n) is 8.37. The van der Waals surface area contributed by atoms with Crippen LogP contribution in [0.3, 0.4) is 0 Å². The number of halogens is 1. The van der Waals surface area contributed by atoms with Gasteiger partial charge in [0.25, 0.3) is 0 Å². The fraction of sp³-hybridized carbons (Fsp3) is 0.300. The van der Waals surface area contributed by atoms with Crippen LogP contribution in [0, 0.1) is 22.7 Å². The molecule has 15 heavy (non-hydrogen) atoms. The second-order valence-electron chi connectivity index (χ2n) is 2.47. The molecule has 0 aromatic carbocycles. The minimum Gasteiger partial charge on any atom is -0.462 e. The molecule has 5 heteroatoms. The van der Waals surface area contributed by atoms with Crippen LogP contribution < -0.4 is 0 Å². The Balaban J connectivity index is 5.22. The number of rotatable bonds is 3. The van der Waals surface area contributed by atoms with Gasteiger partial charge in [-0.2, -0.15) is 10.5 Å². The van der Waals surface area contributed by atoms with E-state index in [2.05, 4.69) is 0 Å². The highest BCUT2D eigenvalue weighted by Gasteiger charge is 2.15. The Labute approximate surface area is 93.0 Å². The van der Waals surface area contributed by atoms with Crippen LogP contribution in [0.4, 0.5) is 0 Å². The van der Waals surface area contributed by atoms with Crippen LogP contribution >= 0.6 is 11.6 Å². The van der Waals surface area contributed by atoms with E-state index in [0.29, 0.717) is 0 Å². The highest BCUT2D eigenvalue weighted by molar-refractivity contribution is 6.28. The second-order valence-corrected chi connectivity index (χ2v) is 2.69. The Kier molecular flexibility index (Phi) is 5.85. The molecule has 0 spiro atoms. The molecule has 0 aliphatic carbocycles. The number of hydrogen-bond acceptors (Lipinski definition) is 4. The highest BCUT2D eigenvalue weighted by Crippen LogP contribution is 2.16. The first-order valence-electron chi connectivity index (χ1n) is 4.11. The van der Waals surface area contributed by atoms with Crippen LogP contribution in [-0.4, -0.2) is 12.6 Å². The Hall–Kier alpha value is -1.78. The number of hydrogen-bond donors (Lipinski definition) is 0. The molecule has 0 N–H and O–H groups in total. The quantitative estimate of drug-likeness (QED) is 0.318. The molecule has 0 aliphatic rings. The molecule has 0 bridgehead atoms. The van der Waals surface area contributed by atoms with Crippen molar-refractivity contribution in [2.45, 2.75) is 13.8 Å². The SMILES string of the molecule is CCOC(=O)C(=CCl)C(C)=C(C#N)C#N. The number of allylic oxidation sites excluding steroid dienone is 1. The topological polar surface area (TPSA) is 73.9 Å². The molecular weight excluding hydrogens is 216 g/mol. The molecule has 0 saturated carbocycles. The maximum absolute atomic E-state index is 11.3. The molecule has 78 valence electrons. The number of carbonyl (C=O) groups excluding carboxylic acids is 1. The molecule has 0 unspecified atom stereocenters. The Bertz CT molecular complexity index is 381. The van der Waals surface area contributed by atoms with Crippen molar-refractivity contribution in [2.75, 3.05) is 6.61 Å². The lowest BCUT2D eigenvalue weighted by molar-refractivity contribution is -0.138. The van der Waals surface area contributed by atoms with E-state index in [1.54, 1.807) is 19.1 Å². The Morgan fingerprint density at radius 3 is 2.33 bits per heavy atom. The van der Waals surface area contributed by atoms with Crippen molar-refractivity contribution < 1.29 is 9.53 Å². The number of carbonyl (C=O) groups is 1. The van der Waals surface area contributed by atoms with E-state index in [9.17, 15) is 4.79 Å². The summed E-state index contributed by atoms with van der Waals surface area (Å²) in [5, 5.41) is 17.2. The van der Waals surface area contributed by atoms with Gasteiger partial charge < -0.3 is 4.74 Å². The van der Waals surface area contributed by atoms with Crippen LogP contribution in [0.1, 0.15) is 13.8 Å². The smallest absolute Gasteiger partial charge is 0.339 e. The predicted molar refractivity (Wildman–Crippen MR) is 54.5 cm³/mol. The van der Waals surface area contributed by atoms with Crippen molar-refractivity contribution in [1.82, 2.24) is 0 Å². The number of esters is 1. The van der Waals surface area contributed by atoms with E-state index in [0.717, 1.165) is 5.54 Å². The summed E-state index contributed by atoms with van der Waals surface area (Å²) in [6.45, 7) is 3.32. The van der Waals surface area contributed by atoms with Crippen LogP contribution in [0.5, 0.6) is 0 Å². The second kappa shape index (κ2) is 6.64. The fourth-order valence-corrected chi connectivity index (χ4v) is 1.07. The summed E-state index contributed by atoms with van der Waals surface area (Å²) in [6.07, 6.45) is 0. The summed E-state index contributed by atoms with van der Waals surface area (Å²) >= 11 is 5.44. The molecule has 0 saturated heterocycles. The van der Waals surface area contributed by atoms with Gasteiger partial charge in [-0.25, -0.2) is 4.79 Å². The van der Waals surface area contributed by atoms with Crippen molar-refractivity contribution in [3.05, 3.63) is 22.3 Å². The van der Waals surface area contributed by atoms with E-state index < -0.39 is 5.97 Å². The van der Waals surface area contributed by atoms with E-state index >= 15 is 0 Å². The van der Waals surface area contributed by atoms with Crippen molar-refractivity contribution in [3.63, 3.8) is 0 Å². The van der Waals surface area contributed by atoms with Crippen LogP contribution in [0.15, 0.2) is 22.3 Å². The van der Waals surface area contributed by atoms with Gasteiger partial charge >= 0.3 is 5.97 Å². The van der Waals surface area contributed by atoms with Crippen LogP contribution in [-0.2, 0) is 9.53 Å². The third-order valence-corrected chi connectivity index (χ3v) is 1.83. The maximum atomic E-state index is 11.3. The predicted octanol–water partition coefficient (Wildman–Crippen LogP) is 2.04. The number of ether oxygens (including phenoxy) is 1. The van der Waals surface area contributed by atoms with Gasteiger partial charge in [0, 0.05) is 5.54 Å². The molecule has 0 aromatic rings. The summed E-state index contributed by atoms with van der Waals surface area (Å²) in [5.41, 5.74) is 1.09. The monoisotopic (exact) mass is 224 g/mol. The molecule has 0 atom stereocenters. The van der Waals surface area contributed by atoms with Crippen LogP contribution in [0.2, 0.25) is 0 Å². The first-order valence-corrected chi connectivity index (χ1v) is 4.54. The van der Waals surface area contributed by atoms with Gasteiger partial charge in [0.05, 0.1) is 12.2 Å². The third-order valence-electron chi connectivity index (χ3n) is 1.61. The zero-order valence-corrected chi connectivity index (χ0v) is 9.13. The zero-order chi connectivity index (χ0) is 11.8. The Morgan fingerprint density at radius 1 is 1.47 bits per heavy atom. The third kappa shape index (κ3) is 3.46. The summed E-state index contributed by atoms with van der Waals surface area (Å²) in [6, 6.07) is 3.35. The Morgan fingerprint density at radius 2 is 2.00 bits per heavy atom. The minimum atomic E-state index is -0.645. The maximum Gasteiger partial charge on any atom is 0.339 e. The number of nitrogens with zero attached hydrogens (tertiary/aromatic N) is 2. The van der Waals surface area contributed by atoms with E-state index in [1.807, 2.05) is 0 Å². The van der Waals surface area contributed by atoms with E-state index in [-0.39, 0.29) is 23.3 Å². The van der Waals surface area contributed by atoms with Gasteiger partial charge in [0.2, 0.25) is 0 Å². The lowest BCUT2D eigenvalue weighted by atomic mass is 10.0. The van der Waals surface area contributed by atoms with Crippen molar-refractivity contribution in [3.8, 4) is 12.1 Å². The summed E-state index contributed by atoms with van der Waals surface area (Å²) in [4.78, 5) is 11.3. The largest absolute Gasteiger partial charge is 0.462 e. The van der Waals surface area contributed by atoms with E-state index in [1.165, 1.54) is 6.92 Å². The van der Waals surface area contributed by atoms with Gasteiger partial charge in [0.1, 0.15) is 17.7 Å². The normalized spacial score (nSPS) is 9.80. The average Bonchev–Trinajstić information content (AvgIpc) is 2.21. The van der Waals surface area contributed by atoms with Gasteiger partial charge in [-0.05, 0) is 19.4 Å². The molecular formula is C10H9ClN2O2. The number of nitriles is 2. The fourth-order valence-electron chi connectivity index (χ4n) is 0.816. The molecule has 0 rings (SSSR count). The van der Waals surface area contributed by atoms with Crippen molar-refractivity contribution in [1.29, 1.82) is 10.5 Å². The molecule has 0 aliphatic heterocycles. The van der Waals surface area contributed by atoms with Crippen LogP contribution in [0.25, 0.3) is 0 Å². The molecule has 4 nitrogen and oxygen atoms in total. The standard InChI is InChI=1S/C10H9ClN2O2/c1-3-15-10(14)9(4-11)7(2)8(5-12)6-13/h4H,3H2,1-2H3. The molecule has 0 amide bonds. The molecule has 0 fully saturated rings. The summed E-state index contributed by atoms with van der Waals surface area (Å²) in [5.74, 6) is -0.645. The van der Waals surface area contributed by atoms with Gasteiger partial charge in [-0.3, -0.25) is 0 Å². The molecule has 0 heterocycles. The van der Waals surface area contributed by atoms with Gasteiger partial charge in [-0.1, -0.05) is 11.6 Å². The lowest BCUT2D eigenvalue weighted by Crippen LogP contribution is -2.09. The highest BCUT2D eigenvalue weighted by atomic mass is 35.5. The first kappa shape index (κ1) is 13.2. The van der Waals surface area contributed by atoms with Crippen molar-refractivity contribution >= 4 is 17.6 Å². The minimum absolute atomic E-state index is 0.0246. The summed E-state index contributed by atoms with van der Waals surface area (Å²) < 4.78 is 4.71. The average molecular weight is 225 g/mol. The van der Waals surface area contributed by atoms with Gasteiger partial charge in [0.15, 0.2) is 0 Å². The van der Waals surface area contributed by atoms with Crippen molar-refractivity contribution in [2.24, 2.45) is 0 Å². The molecule has 0 radical (unpaired) electrons. The summed E-state index contributed by atoms with van der Waals surface area (Å²) in [7, 11) is 0. The van der Waals surface area contributed by atoms with Gasteiger partial charge in [-0.15, -0.1) is 0 Å². The molecule has 0 aromatic heterocycles. The first-order chi connectivity index (χ1) is 7.12.